The lowest BCUT2D eigenvalue weighted by Crippen LogP contribution is -2.68. The van der Waals surface area contributed by atoms with E-state index in [1.165, 1.54) is 13.0 Å². The van der Waals surface area contributed by atoms with Crippen LogP contribution >= 0.6 is 34.8 Å². The third-order valence-corrected chi connectivity index (χ3v) is 9.29. The molecule has 1 amide bonds. The van der Waals surface area contributed by atoms with Crippen LogP contribution in [0.3, 0.4) is 0 Å². The van der Waals surface area contributed by atoms with Gasteiger partial charge in [-0.05, 0) is 31.4 Å². The quantitative estimate of drug-likeness (QED) is 0.0691. The number of alkyl carbamates (subject to hydrolysis) is 1. The summed E-state index contributed by atoms with van der Waals surface area (Å²) in [4.78, 5) is 51.8. The predicted molar refractivity (Wildman–Crippen MR) is 192 cm³/mol. The molecule has 3 rings (SSSR count). The second-order valence-electron chi connectivity index (χ2n) is 12.6. The maximum absolute atomic E-state index is 13.8. The number of rotatable bonds is 13. The Morgan fingerprint density at radius 2 is 1.57 bits per heavy atom. The fraction of sp³-hybridized carbons (Fsp3) is 0.647. The molecule has 0 radical (unpaired) electrons. The molecule has 2 aliphatic rings. The Labute approximate surface area is 328 Å². The Hall–Kier alpha value is -2.92. The normalized spacial score (nSPS) is 28.5. The summed E-state index contributed by atoms with van der Waals surface area (Å²) >= 11 is 17.3. The summed E-state index contributed by atoms with van der Waals surface area (Å²) < 4.78 is 75.8. The molecule has 0 spiro atoms. The third kappa shape index (κ3) is 14.0. The molecular weight excluding hydrogens is 801 g/mol. The van der Waals surface area contributed by atoms with Gasteiger partial charge in [0.05, 0.1) is 18.3 Å². The molecule has 16 nitrogen and oxygen atoms in total. The highest BCUT2D eigenvalue weighted by molar-refractivity contribution is 7.80. The Kier molecular flexibility index (Phi) is 17.1. The van der Waals surface area contributed by atoms with Crippen LogP contribution in [0.4, 0.5) is 4.79 Å². The number of alkyl halides is 3. The fourth-order valence-electron chi connectivity index (χ4n) is 5.63. The molecular formula is C34H44Cl3NO15S. The van der Waals surface area contributed by atoms with Gasteiger partial charge >= 0.3 is 34.4 Å². The summed E-state index contributed by atoms with van der Waals surface area (Å²) in [5.41, 5.74) is 0.296. The molecule has 1 aromatic carbocycles. The average Bonchev–Trinajstić information content (AvgIpc) is 3.07. The van der Waals surface area contributed by atoms with Crippen molar-refractivity contribution in [2.75, 3.05) is 13.2 Å². The van der Waals surface area contributed by atoms with Crippen molar-refractivity contribution in [2.45, 2.75) is 114 Å². The first-order valence-electron chi connectivity index (χ1n) is 16.9. The second kappa shape index (κ2) is 20.3. The van der Waals surface area contributed by atoms with E-state index in [-0.39, 0.29) is 17.4 Å². The van der Waals surface area contributed by atoms with E-state index in [9.17, 15) is 32.1 Å². The van der Waals surface area contributed by atoms with Gasteiger partial charge in [-0.1, -0.05) is 86.0 Å². The molecule has 302 valence electrons. The number of benzene rings is 1. The van der Waals surface area contributed by atoms with E-state index >= 15 is 0 Å². The first-order valence-corrected chi connectivity index (χ1v) is 19.4. The van der Waals surface area contributed by atoms with Gasteiger partial charge in [0.2, 0.25) is 10.1 Å². The van der Waals surface area contributed by atoms with Gasteiger partial charge in [-0.15, -0.1) is 0 Å². The van der Waals surface area contributed by atoms with Gasteiger partial charge in [-0.2, -0.15) is 8.42 Å². The SMILES string of the molecule is CCCCC#Cc1ccccc1C(=O)OC1OC(COS(=O)(=O)O)[C@H](OC(C)=O)[C@H](O[C@@H]2OC(C)[C@@H](C)[C@H](C)C2OC(C)=O)C1NC(=O)OCC(Cl)(Cl)Cl. The zero-order valence-corrected chi connectivity index (χ0v) is 33.4. The van der Waals surface area contributed by atoms with Crippen LogP contribution in [-0.4, -0.2) is 103 Å². The minimum Gasteiger partial charge on any atom is -0.457 e. The molecule has 0 aromatic heterocycles. The average molecular weight is 845 g/mol. The van der Waals surface area contributed by atoms with Crippen LogP contribution in [0.5, 0.6) is 0 Å². The highest BCUT2D eigenvalue weighted by Crippen LogP contribution is 2.37. The molecule has 2 fully saturated rings. The lowest BCUT2D eigenvalue weighted by Gasteiger charge is -2.48. The van der Waals surface area contributed by atoms with Crippen LogP contribution < -0.4 is 5.32 Å². The molecule has 20 heteroatoms. The van der Waals surface area contributed by atoms with Crippen LogP contribution in [0, 0.1) is 23.7 Å². The monoisotopic (exact) mass is 843 g/mol. The van der Waals surface area contributed by atoms with Gasteiger partial charge < -0.3 is 38.5 Å². The first kappa shape index (κ1) is 45.5. The molecule has 2 saturated heterocycles. The topological polar surface area (TPSA) is 209 Å². The largest absolute Gasteiger partial charge is 0.457 e. The first-order chi connectivity index (χ1) is 25.2. The number of esters is 3. The molecule has 10 atom stereocenters. The number of carbonyl (C=O) groups is 4. The van der Waals surface area contributed by atoms with Crippen LogP contribution in [0.1, 0.15) is 76.7 Å². The van der Waals surface area contributed by atoms with Crippen molar-refractivity contribution in [1.29, 1.82) is 0 Å². The van der Waals surface area contributed by atoms with Crippen LogP contribution in [0.25, 0.3) is 0 Å². The number of halogens is 3. The van der Waals surface area contributed by atoms with E-state index in [1.54, 1.807) is 32.0 Å². The van der Waals surface area contributed by atoms with E-state index in [4.69, 9.17) is 68.0 Å². The van der Waals surface area contributed by atoms with Crippen molar-refractivity contribution in [2.24, 2.45) is 11.8 Å². The van der Waals surface area contributed by atoms with Crippen LogP contribution in [-0.2, 0) is 57.3 Å². The molecule has 2 heterocycles. The Balaban J connectivity index is 2.17. The number of ether oxygens (including phenoxy) is 7. The number of hydrogen-bond donors (Lipinski definition) is 2. The van der Waals surface area contributed by atoms with E-state index < -0.39 is 101 Å². The second-order valence-corrected chi connectivity index (χ2v) is 16.3. The minimum atomic E-state index is -5.11. The Morgan fingerprint density at radius 3 is 2.19 bits per heavy atom. The van der Waals surface area contributed by atoms with Gasteiger partial charge in [0.15, 0.2) is 18.5 Å². The van der Waals surface area contributed by atoms with Crippen LogP contribution in [0.15, 0.2) is 24.3 Å². The van der Waals surface area contributed by atoms with E-state index in [0.29, 0.717) is 12.0 Å². The van der Waals surface area contributed by atoms with E-state index in [1.807, 2.05) is 13.8 Å². The molecule has 5 unspecified atom stereocenters. The molecule has 2 N–H and O–H groups in total. The minimum absolute atomic E-state index is 0.00452. The highest BCUT2D eigenvalue weighted by Gasteiger charge is 2.55. The maximum atomic E-state index is 13.8. The predicted octanol–water partition coefficient (Wildman–Crippen LogP) is 4.66. The van der Waals surface area contributed by atoms with Gasteiger partial charge in [0, 0.05) is 31.7 Å². The van der Waals surface area contributed by atoms with Gasteiger partial charge in [-0.3, -0.25) is 14.1 Å². The Bertz CT molecular complexity index is 1650. The summed E-state index contributed by atoms with van der Waals surface area (Å²) in [6.07, 6.45) is -8.91. The van der Waals surface area contributed by atoms with Crippen molar-refractivity contribution in [3.05, 3.63) is 35.4 Å². The van der Waals surface area contributed by atoms with Crippen molar-refractivity contribution < 1.29 is 69.5 Å². The number of carbonyl (C=O) groups excluding carboxylic acids is 4. The van der Waals surface area contributed by atoms with E-state index in [0.717, 1.165) is 19.8 Å². The highest BCUT2D eigenvalue weighted by atomic mass is 35.6. The van der Waals surface area contributed by atoms with Gasteiger partial charge in [-0.25, -0.2) is 13.8 Å². The number of unbranched alkanes of at least 4 members (excludes halogenated alkanes) is 2. The van der Waals surface area contributed by atoms with Crippen molar-refractivity contribution in [1.82, 2.24) is 5.32 Å². The molecule has 0 saturated carbocycles. The zero-order chi connectivity index (χ0) is 40.4. The molecule has 1 aromatic rings. The summed E-state index contributed by atoms with van der Waals surface area (Å²) in [6.45, 7) is 7.84. The third-order valence-electron chi connectivity index (χ3n) is 8.53. The summed E-state index contributed by atoms with van der Waals surface area (Å²) in [5.74, 6) is 2.77. The molecule has 2 aliphatic heterocycles. The standard InChI is InChI=1S/C34H44Cl3NO15S/c1-7-8-9-10-13-23-14-11-12-15-24(23)30(41)53-31-26(38-33(42)46-17-34(35,36)37)29(28(50-22(6)40)25(51-31)16-47-54(43,44)45)52-32-27(49-21(5)39)19(3)18(2)20(4)48-32/h11-12,14-15,18-20,25-29,31-32H,7-9,16-17H2,1-6H3,(H,38,42)(H,43,44,45)/t18-,19-,20?,25?,26?,27?,28-,29+,31?,32-/m0/s1. The Morgan fingerprint density at radius 1 is 0.926 bits per heavy atom. The summed E-state index contributed by atoms with van der Waals surface area (Å²) in [5, 5.41) is 2.43. The van der Waals surface area contributed by atoms with Crippen molar-refractivity contribution in [3.8, 4) is 11.8 Å². The van der Waals surface area contributed by atoms with E-state index in [2.05, 4.69) is 21.3 Å². The molecule has 0 aliphatic carbocycles. The number of nitrogens with one attached hydrogen (secondary N) is 1. The fourth-order valence-corrected chi connectivity index (χ4v) is 6.10. The molecule has 54 heavy (non-hydrogen) atoms. The smallest absolute Gasteiger partial charge is 0.407 e. The molecule has 0 bridgehead atoms. The lowest BCUT2D eigenvalue weighted by atomic mass is 9.84. The number of amides is 1. The van der Waals surface area contributed by atoms with Gasteiger partial charge in [0.25, 0.3) is 0 Å². The number of hydrogen-bond acceptors (Lipinski definition) is 14. The van der Waals surface area contributed by atoms with Crippen molar-refractivity contribution in [3.63, 3.8) is 0 Å². The summed E-state index contributed by atoms with van der Waals surface area (Å²) in [6, 6.07) is 4.56. The van der Waals surface area contributed by atoms with Gasteiger partial charge in [0.1, 0.15) is 24.9 Å². The summed E-state index contributed by atoms with van der Waals surface area (Å²) in [7, 11) is -5.11. The van der Waals surface area contributed by atoms with Crippen molar-refractivity contribution >= 4 is 69.2 Å². The maximum Gasteiger partial charge on any atom is 0.407 e. The van der Waals surface area contributed by atoms with Crippen LogP contribution in [0.2, 0.25) is 0 Å². The zero-order valence-electron chi connectivity index (χ0n) is 30.3. The lowest BCUT2D eigenvalue weighted by molar-refractivity contribution is -0.326.